The van der Waals surface area contributed by atoms with Crippen molar-refractivity contribution in [1.29, 1.82) is 0 Å². The second kappa shape index (κ2) is 8.52. The number of nitro groups is 1. The van der Waals surface area contributed by atoms with Crippen LogP contribution < -0.4 is 4.72 Å². The Balaban J connectivity index is 1.87. The molecule has 1 aromatic rings. The summed E-state index contributed by atoms with van der Waals surface area (Å²) in [6, 6.07) is 5.09. The second-order valence-electron chi connectivity index (χ2n) is 5.88. The van der Waals surface area contributed by atoms with Crippen LogP contribution in [0.5, 0.6) is 0 Å². The third kappa shape index (κ3) is 5.23. The van der Waals surface area contributed by atoms with Crippen molar-refractivity contribution in [1.82, 2.24) is 9.62 Å². The molecule has 1 heterocycles. The molecule has 0 aromatic heterocycles. The molecule has 24 heavy (non-hydrogen) atoms. The molecule has 0 aliphatic carbocycles. The monoisotopic (exact) mass is 357 g/mol. The number of rotatable bonds is 8. The van der Waals surface area contributed by atoms with Crippen LogP contribution in [0.25, 0.3) is 0 Å². The lowest BCUT2D eigenvalue weighted by molar-refractivity contribution is -0.385. The SMILES string of the molecule is COCCN1CCC(CNS(=O)(=O)c2cccc([N+](=O)[O-])c2)CC1. The van der Waals surface area contributed by atoms with Crippen molar-refractivity contribution in [3.05, 3.63) is 34.4 Å². The van der Waals surface area contributed by atoms with Gasteiger partial charge in [0.15, 0.2) is 0 Å². The maximum Gasteiger partial charge on any atom is 0.270 e. The lowest BCUT2D eigenvalue weighted by atomic mass is 9.97. The summed E-state index contributed by atoms with van der Waals surface area (Å²) >= 11 is 0. The van der Waals surface area contributed by atoms with Gasteiger partial charge in [0, 0.05) is 32.3 Å². The van der Waals surface area contributed by atoms with Crippen molar-refractivity contribution in [3.8, 4) is 0 Å². The molecule has 0 atom stereocenters. The van der Waals surface area contributed by atoms with E-state index in [2.05, 4.69) is 9.62 Å². The molecule has 9 heteroatoms. The van der Waals surface area contributed by atoms with Crippen molar-refractivity contribution in [2.45, 2.75) is 17.7 Å². The minimum absolute atomic E-state index is 0.0748. The van der Waals surface area contributed by atoms with Crippen LogP contribution in [0.15, 0.2) is 29.2 Å². The van der Waals surface area contributed by atoms with Crippen LogP contribution in [0.3, 0.4) is 0 Å². The van der Waals surface area contributed by atoms with E-state index in [4.69, 9.17) is 4.74 Å². The molecule has 0 radical (unpaired) electrons. The maximum atomic E-state index is 12.3. The normalized spacial score (nSPS) is 17.0. The highest BCUT2D eigenvalue weighted by molar-refractivity contribution is 7.89. The molecule has 134 valence electrons. The number of non-ortho nitro benzene ring substituents is 1. The van der Waals surface area contributed by atoms with E-state index in [0.717, 1.165) is 38.5 Å². The van der Waals surface area contributed by atoms with Crippen molar-refractivity contribution in [2.75, 3.05) is 39.9 Å². The predicted molar refractivity (Wildman–Crippen MR) is 89.3 cm³/mol. The smallest absolute Gasteiger partial charge is 0.270 e. The Bertz CT molecular complexity index is 657. The Kier molecular flexibility index (Phi) is 6.67. The fraction of sp³-hybridized carbons (Fsp3) is 0.600. The number of sulfonamides is 1. The van der Waals surface area contributed by atoms with Gasteiger partial charge < -0.3 is 9.64 Å². The number of methoxy groups -OCH3 is 1. The molecule has 1 aliphatic rings. The van der Waals surface area contributed by atoms with Crippen molar-refractivity contribution >= 4 is 15.7 Å². The number of nitro benzene ring substituents is 1. The summed E-state index contributed by atoms with van der Waals surface area (Å²) in [4.78, 5) is 12.4. The summed E-state index contributed by atoms with van der Waals surface area (Å²) in [6.45, 7) is 3.79. The van der Waals surface area contributed by atoms with Crippen LogP contribution in [0.1, 0.15) is 12.8 Å². The molecule has 0 saturated carbocycles. The van der Waals surface area contributed by atoms with E-state index >= 15 is 0 Å². The van der Waals surface area contributed by atoms with Gasteiger partial charge in [0.05, 0.1) is 16.4 Å². The van der Waals surface area contributed by atoms with Crippen LogP contribution in [-0.4, -0.2) is 58.1 Å². The number of ether oxygens (including phenoxy) is 1. The van der Waals surface area contributed by atoms with E-state index in [1.807, 2.05) is 0 Å². The zero-order valence-corrected chi connectivity index (χ0v) is 14.5. The number of benzene rings is 1. The summed E-state index contributed by atoms with van der Waals surface area (Å²) in [5.74, 6) is 0.275. The quantitative estimate of drug-likeness (QED) is 0.555. The lowest BCUT2D eigenvalue weighted by Gasteiger charge is -2.31. The lowest BCUT2D eigenvalue weighted by Crippen LogP contribution is -2.39. The van der Waals surface area contributed by atoms with Crippen LogP contribution >= 0.6 is 0 Å². The van der Waals surface area contributed by atoms with Gasteiger partial charge in [-0.1, -0.05) is 6.07 Å². The van der Waals surface area contributed by atoms with Crippen LogP contribution in [0.4, 0.5) is 5.69 Å². The van der Waals surface area contributed by atoms with E-state index in [1.165, 1.54) is 18.2 Å². The highest BCUT2D eigenvalue weighted by Gasteiger charge is 2.22. The highest BCUT2D eigenvalue weighted by Crippen LogP contribution is 2.19. The molecule has 1 aromatic carbocycles. The van der Waals surface area contributed by atoms with Gasteiger partial charge in [0.1, 0.15) is 0 Å². The van der Waals surface area contributed by atoms with Gasteiger partial charge in [-0.25, -0.2) is 13.1 Å². The van der Waals surface area contributed by atoms with Gasteiger partial charge >= 0.3 is 0 Å². The van der Waals surface area contributed by atoms with E-state index in [1.54, 1.807) is 7.11 Å². The van der Waals surface area contributed by atoms with Gasteiger partial charge in [-0.2, -0.15) is 0 Å². The van der Waals surface area contributed by atoms with Gasteiger partial charge in [-0.05, 0) is 37.9 Å². The second-order valence-corrected chi connectivity index (χ2v) is 7.65. The molecular weight excluding hydrogens is 334 g/mol. The Morgan fingerprint density at radius 3 is 2.71 bits per heavy atom. The number of nitrogens with zero attached hydrogens (tertiary/aromatic N) is 2. The molecule has 0 spiro atoms. The molecule has 1 fully saturated rings. The Labute approximate surface area is 142 Å². The van der Waals surface area contributed by atoms with Crippen molar-refractivity contribution in [3.63, 3.8) is 0 Å². The first-order chi connectivity index (χ1) is 11.4. The van der Waals surface area contributed by atoms with Crippen molar-refractivity contribution < 1.29 is 18.1 Å². The van der Waals surface area contributed by atoms with Crippen LogP contribution in [0, 0.1) is 16.0 Å². The van der Waals surface area contributed by atoms with Crippen molar-refractivity contribution in [2.24, 2.45) is 5.92 Å². The number of likely N-dealkylation sites (tertiary alicyclic amines) is 1. The average Bonchev–Trinajstić information content (AvgIpc) is 2.59. The summed E-state index contributed by atoms with van der Waals surface area (Å²) in [5, 5.41) is 10.8. The number of piperidine rings is 1. The first kappa shape index (κ1) is 18.8. The molecule has 1 saturated heterocycles. The molecule has 1 N–H and O–H groups in total. The number of hydrogen-bond donors (Lipinski definition) is 1. The van der Waals surface area contributed by atoms with E-state index in [9.17, 15) is 18.5 Å². The molecule has 1 aliphatic heterocycles. The fourth-order valence-corrected chi connectivity index (χ4v) is 3.87. The molecule has 2 rings (SSSR count). The molecule has 8 nitrogen and oxygen atoms in total. The highest BCUT2D eigenvalue weighted by atomic mass is 32.2. The summed E-state index contributed by atoms with van der Waals surface area (Å²) < 4.78 is 32.2. The summed E-state index contributed by atoms with van der Waals surface area (Å²) in [5.41, 5.74) is -0.232. The first-order valence-corrected chi connectivity index (χ1v) is 9.36. The van der Waals surface area contributed by atoms with E-state index in [0.29, 0.717) is 13.2 Å². The number of nitrogens with one attached hydrogen (secondary N) is 1. The van der Waals surface area contributed by atoms with E-state index in [-0.39, 0.29) is 16.5 Å². The number of hydrogen-bond acceptors (Lipinski definition) is 6. The minimum Gasteiger partial charge on any atom is -0.383 e. The molecule has 0 bridgehead atoms. The predicted octanol–water partition coefficient (Wildman–Crippen LogP) is 1.23. The standard InChI is InChI=1S/C15H23N3O5S/c1-23-10-9-17-7-5-13(6-8-17)12-16-24(21,22)15-4-2-3-14(11-15)18(19)20/h2-4,11,13,16H,5-10,12H2,1H3. The van der Waals surface area contributed by atoms with Gasteiger partial charge in [0.2, 0.25) is 10.0 Å². The maximum absolute atomic E-state index is 12.3. The Morgan fingerprint density at radius 2 is 2.08 bits per heavy atom. The van der Waals surface area contributed by atoms with Crippen LogP contribution in [0.2, 0.25) is 0 Å². The molecule has 0 amide bonds. The average molecular weight is 357 g/mol. The topological polar surface area (TPSA) is 102 Å². The molecular formula is C15H23N3O5S. The summed E-state index contributed by atoms with van der Waals surface area (Å²) in [6.07, 6.45) is 1.84. The first-order valence-electron chi connectivity index (χ1n) is 7.88. The molecule has 0 unspecified atom stereocenters. The third-order valence-electron chi connectivity index (χ3n) is 4.22. The largest absolute Gasteiger partial charge is 0.383 e. The van der Waals surface area contributed by atoms with E-state index < -0.39 is 14.9 Å². The zero-order chi connectivity index (χ0) is 17.6. The van der Waals surface area contributed by atoms with Gasteiger partial charge in [0.25, 0.3) is 5.69 Å². The summed E-state index contributed by atoms with van der Waals surface area (Å²) in [7, 11) is -2.06. The van der Waals surface area contributed by atoms with Gasteiger partial charge in [-0.15, -0.1) is 0 Å². The van der Waals surface area contributed by atoms with Gasteiger partial charge in [-0.3, -0.25) is 10.1 Å². The third-order valence-corrected chi connectivity index (χ3v) is 5.64. The minimum atomic E-state index is -3.73. The fourth-order valence-electron chi connectivity index (χ4n) is 2.71. The Morgan fingerprint density at radius 1 is 1.38 bits per heavy atom. The van der Waals surface area contributed by atoms with Crippen LogP contribution in [-0.2, 0) is 14.8 Å². The Hall–Kier alpha value is -1.55. The zero-order valence-electron chi connectivity index (χ0n) is 13.7.